The first-order chi connectivity index (χ1) is 14.1. The molecule has 0 bridgehead atoms. The molecular formula is C25H36N2O2. The van der Waals surface area contributed by atoms with Gasteiger partial charge in [-0.15, -0.1) is 0 Å². The summed E-state index contributed by atoms with van der Waals surface area (Å²) in [6, 6.07) is 16.8. The number of rotatable bonds is 10. The molecule has 3 rings (SSSR count). The van der Waals surface area contributed by atoms with Crippen LogP contribution in [0.2, 0.25) is 0 Å². The zero-order valence-corrected chi connectivity index (χ0v) is 18.4. The fraction of sp³-hybridized carbons (Fsp3) is 0.520. The van der Waals surface area contributed by atoms with E-state index < -0.39 is 0 Å². The summed E-state index contributed by atoms with van der Waals surface area (Å²) in [7, 11) is 0. The van der Waals surface area contributed by atoms with Crippen molar-refractivity contribution in [1.29, 1.82) is 0 Å². The number of nitrogens with zero attached hydrogens (tertiary/aromatic N) is 2. The van der Waals surface area contributed by atoms with Gasteiger partial charge in [0, 0.05) is 31.7 Å². The molecule has 4 heteroatoms. The van der Waals surface area contributed by atoms with Crippen LogP contribution in [0, 0.1) is 5.92 Å². The molecule has 0 aromatic heterocycles. The van der Waals surface area contributed by atoms with E-state index in [1.54, 1.807) is 0 Å². The minimum Gasteiger partial charge on any atom is -0.488 e. The van der Waals surface area contributed by atoms with Gasteiger partial charge in [-0.25, -0.2) is 10.0 Å². The second-order valence-corrected chi connectivity index (χ2v) is 8.22. The summed E-state index contributed by atoms with van der Waals surface area (Å²) in [5, 5.41) is 4.76. The highest BCUT2D eigenvalue weighted by Crippen LogP contribution is 2.29. The van der Waals surface area contributed by atoms with Crippen molar-refractivity contribution < 1.29 is 9.47 Å². The Hall–Kier alpha value is -1.88. The van der Waals surface area contributed by atoms with E-state index in [0.717, 1.165) is 43.9 Å². The lowest BCUT2D eigenvalue weighted by molar-refractivity contribution is 0.0388. The third-order valence-electron chi connectivity index (χ3n) is 5.47. The minimum atomic E-state index is 0.241. The summed E-state index contributed by atoms with van der Waals surface area (Å²) >= 11 is 0. The van der Waals surface area contributed by atoms with E-state index in [0.29, 0.717) is 19.1 Å². The summed E-state index contributed by atoms with van der Waals surface area (Å²) in [6.45, 7) is 14.1. The van der Waals surface area contributed by atoms with Crippen LogP contribution in [0.15, 0.2) is 48.5 Å². The summed E-state index contributed by atoms with van der Waals surface area (Å²) in [6.07, 6.45) is 1.25. The van der Waals surface area contributed by atoms with Gasteiger partial charge in [0.1, 0.15) is 12.4 Å². The molecule has 1 heterocycles. The van der Waals surface area contributed by atoms with Crippen LogP contribution in [-0.4, -0.2) is 42.3 Å². The van der Waals surface area contributed by atoms with Crippen LogP contribution in [0.3, 0.4) is 0 Å². The third-order valence-corrected chi connectivity index (χ3v) is 5.47. The van der Waals surface area contributed by atoms with E-state index in [1.807, 2.05) is 6.07 Å². The van der Waals surface area contributed by atoms with E-state index >= 15 is 0 Å². The largest absolute Gasteiger partial charge is 0.488 e. The van der Waals surface area contributed by atoms with Crippen molar-refractivity contribution in [1.82, 2.24) is 10.0 Å². The Bertz CT molecular complexity index is 736. The van der Waals surface area contributed by atoms with Gasteiger partial charge in [-0.05, 0) is 23.5 Å². The van der Waals surface area contributed by atoms with Gasteiger partial charge in [0.25, 0.3) is 0 Å². The van der Waals surface area contributed by atoms with Crippen molar-refractivity contribution in [2.75, 3.05) is 26.2 Å². The molecule has 2 aromatic carbocycles. The molecule has 0 radical (unpaired) electrons. The maximum absolute atomic E-state index is 6.35. The Morgan fingerprint density at radius 1 is 0.862 bits per heavy atom. The molecule has 0 aliphatic carbocycles. The molecule has 4 nitrogen and oxygen atoms in total. The monoisotopic (exact) mass is 396 g/mol. The lowest BCUT2D eigenvalue weighted by atomic mass is 9.99. The highest BCUT2D eigenvalue weighted by atomic mass is 16.5. The quantitative estimate of drug-likeness (QED) is 0.569. The van der Waals surface area contributed by atoms with E-state index in [2.05, 4.69) is 80.2 Å². The Labute approximate surface area is 176 Å². The molecule has 2 aromatic rings. The molecular weight excluding hydrogens is 360 g/mol. The van der Waals surface area contributed by atoms with Gasteiger partial charge in [-0.3, -0.25) is 0 Å². The Kier molecular flexibility index (Phi) is 8.10. The third kappa shape index (κ3) is 6.05. The molecule has 0 saturated carbocycles. The van der Waals surface area contributed by atoms with Crippen LogP contribution in [0.4, 0.5) is 0 Å². The highest BCUT2D eigenvalue weighted by molar-refractivity contribution is 5.42. The minimum absolute atomic E-state index is 0.241. The van der Waals surface area contributed by atoms with Gasteiger partial charge < -0.3 is 9.47 Å². The molecule has 1 aliphatic rings. The van der Waals surface area contributed by atoms with E-state index in [1.165, 1.54) is 11.1 Å². The zero-order chi connectivity index (χ0) is 20.6. The first-order valence-corrected chi connectivity index (χ1v) is 11.0. The van der Waals surface area contributed by atoms with Crippen LogP contribution in [0.5, 0.6) is 5.75 Å². The topological polar surface area (TPSA) is 24.9 Å². The van der Waals surface area contributed by atoms with Crippen molar-refractivity contribution in [2.24, 2.45) is 5.92 Å². The number of hydrazine groups is 1. The van der Waals surface area contributed by atoms with Crippen LogP contribution in [0.1, 0.15) is 44.4 Å². The van der Waals surface area contributed by atoms with Crippen LogP contribution < -0.4 is 4.74 Å². The Balaban J connectivity index is 1.71. The molecule has 0 N–H and O–H groups in total. The standard InChI is InChI=1S/C25H36N2O2/c1-5-26-16-24(17-27(26)6-2)28-19-23-14-10-13-22(15-20(3)4)25(23)29-18-21-11-8-7-9-12-21/h7-14,20,24H,5-6,15-19H2,1-4H3. The second kappa shape index (κ2) is 10.8. The zero-order valence-electron chi connectivity index (χ0n) is 18.4. The molecule has 29 heavy (non-hydrogen) atoms. The highest BCUT2D eigenvalue weighted by Gasteiger charge is 2.28. The molecule has 1 saturated heterocycles. The second-order valence-electron chi connectivity index (χ2n) is 8.22. The van der Waals surface area contributed by atoms with Crippen LogP contribution in [-0.2, 0) is 24.4 Å². The molecule has 0 atom stereocenters. The van der Waals surface area contributed by atoms with Crippen molar-refractivity contribution >= 4 is 0 Å². The number of benzene rings is 2. The summed E-state index contributed by atoms with van der Waals surface area (Å²) in [5.74, 6) is 1.58. The van der Waals surface area contributed by atoms with Crippen molar-refractivity contribution in [3.8, 4) is 5.75 Å². The number of likely N-dealkylation sites (N-methyl/N-ethyl adjacent to an activating group) is 2. The molecule has 1 aliphatic heterocycles. The van der Waals surface area contributed by atoms with E-state index in [4.69, 9.17) is 9.47 Å². The lowest BCUT2D eigenvalue weighted by Crippen LogP contribution is -2.35. The molecule has 1 fully saturated rings. The van der Waals surface area contributed by atoms with Gasteiger partial charge in [0.05, 0.1) is 12.7 Å². The predicted molar refractivity (Wildman–Crippen MR) is 119 cm³/mol. The normalized spacial score (nSPS) is 16.0. The predicted octanol–water partition coefficient (Wildman–Crippen LogP) is 4.92. The van der Waals surface area contributed by atoms with Crippen LogP contribution >= 0.6 is 0 Å². The fourth-order valence-electron chi connectivity index (χ4n) is 4.00. The number of hydrogen-bond donors (Lipinski definition) is 0. The average molecular weight is 397 g/mol. The summed E-state index contributed by atoms with van der Waals surface area (Å²) < 4.78 is 12.7. The van der Waals surface area contributed by atoms with Gasteiger partial charge in [0.2, 0.25) is 0 Å². The lowest BCUT2D eigenvalue weighted by Gasteiger charge is -2.24. The maximum Gasteiger partial charge on any atom is 0.128 e. The van der Waals surface area contributed by atoms with E-state index in [-0.39, 0.29) is 6.10 Å². The van der Waals surface area contributed by atoms with Gasteiger partial charge >= 0.3 is 0 Å². The Morgan fingerprint density at radius 3 is 2.14 bits per heavy atom. The first kappa shape index (κ1) is 21.8. The van der Waals surface area contributed by atoms with Gasteiger partial charge in [-0.2, -0.15) is 0 Å². The Morgan fingerprint density at radius 2 is 1.52 bits per heavy atom. The summed E-state index contributed by atoms with van der Waals surface area (Å²) in [4.78, 5) is 0. The number of hydrogen-bond acceptors (Lipinski definition) is 4. The maximum atomic E-state index is 6.35. The van der Waals surface area contributed by atoms with Gasteiger partial charge in [-0.1, -0.05) is 76.2 Å². The SMILES string of the molecule is CCN1CC(OCc2cccc(CC(C)C)c2OCc2ccccc2)CN1CC. The van der Waals surface area contributed by atoms with Crippen molar-refractivity contribution in [3.63, 3.8) is 0 Å². The smallest absolute Gasteiger partial charge is 0.128 e. The molecule has 0 amide bonds. The van der Waals surface area contributed by atoms with Crippen LogP contribution in [0.25, 0.3) is 0 Å². The van der Waals surface area contributed by atoms with Crippen molar-refractivity contribution in [2.45, 2.75) is 53.4 Å². The number of para-hydroxylation sites is 1. The van der Waals surface area contributed by atoms with Gasteiger partial charge in [0.15, 0.2) is 0 Å². The first-order valence-electron chi connectivity index (χ1n) is 11.0. The molecule has 0 spiro atoms. The average Bonchev–Trinajstić information content (AvgIpc) is 3.14. The molecule has 0 unspecified atom stereocenters. The molecule has 158 valence electrons. The van der Waals surface area contributed by atoms with Crippen molar-refractivity contribution in [3.05, 3.63) is 65.2 Å². The fourth-order valence-corrected chi connectivity index (χ4v) is 4.00. The number of ether oxygens (including phenoxy) is 2. The summed E-state index contributed by atoms with van der Waals surface area (Å²) in [5.41, 5.74) is 3.61. The van der Waals surface area contributed by atoms with E-state index in [9.17, 15) is 0 Å².